The maximum absolute atomic E-state index is 13.0. The third-order valence-electron chi connectivity index (χ3n) is 7.46. The van der Waals surface area contributed by atoms with Crippen LogP contribution in [0.15, 0.2) is 48.5 Å². The van der Waals surface area contributed by atoms with E-state index in [4.69, 9.17) is 14.7 Å². The number of hydrogen-bond acceptors (Lipinski definition) is 7. The standard InChI is InChI=1S/C29H34N4O6/c1-28(26(35)30-2,27(36)31-37)32(3)25(34)24-12-10-22(11-13-24)5-4-21-6-8-23(9-7-21)20-33-16-14-29(15-17-33)38-18-19-39-29/h6-13,37H,14-20H2,1-3H3,(H,30,35)(H,31,36)/t28-/m0/s1. The first-order chi connectivity index (χ1) is 18.7. The van der Waals surface area contributed by atoms with E-state index in [0.717, 1.165) is 42.9 Å². The molecule has 4 rings (SSSR count). The van der Waals surface area contributed by atoms with Crippen molar-refractivity contribution < 1.29 is 29.1 Å². The number of nitrogens with one attached hydrogen (secondary N) is 2. The molecule has 3 amide bonds. The van der Waals surface area contributed by atoms with Gasteiger partial charge in [-0.1, -0.05) is 24.0 Å². The van der Waals surface area contributed by atoms with Crippen LogP contribution in [0.3, 0.4) is 0 Å². The second kappa shape index (κ2) is 12.0. The van der Waals surface area contributed by atoms with Crippen LogP contribution in [0.1, 0.15) is 46.8 Å². The minimum absolute atomic E-state index is 0.267. The lowest BCUT2D eigenvalue weighted by molar-refractivity contribution is -0.185. The summed E-state index contributed by atoms with van der Waals surface area (Å²) >= 11 is 0. The van der Waals surface area contributed by atoms with Crippen molar-refractivity contribution >= 4 is 17.7 Å². The lowest BCUT2D eigenvalue weighted by atomic mass is 9.96. The van der Waals surface area contributed by atoms with Crippen molar-refractivity contribution in [1.29, 1.82) is 0 Å². The Kier molecular flexibility index (Phi) is 8.67. The zero-order chi connectivity index (χ0) is 28.0. The van der Waals surface area contributed by atoms with Crippen LogP contribution in [-0.4, -0.2) is 84.5 Å². The molecule has 1 atom stereocenters. The molecule has 0 saturated carbocycles. The van der Waals surface area contributed by atoms with Crippen LogP contribution in [0.4, 0.5) is 0 Å². The Bertz CT molecular complexity index is 1230. The smallest absolute Gasteiger partial charge is 0.278 e. The zero-order valence-electron chi connectivity index (χ0n) is 22.5. The van der Waals surface area contributed by atoms with Gasteiger partial charge in [-0.15, -0.1) is 0 Å². The molecule has 2 fully saturated rings. The van der Waals surface area contributed by atoms with E-state index in [1.165, 1.54) is 32.1 Å². The number of hydroxylamine groups is 1. The molecule has 0 unspecified atom stereocenters. The van der Waals surface area contributed by atoms with Gasteiger partial charge in [-0.25, -0.2) is 5.48 Å². The number of likely N-dealkylation sites (tertiary alicyclic amines) is 1. The van der Waals surface area contributed by atoms with Gasteiger partial charge in [-0.3, -0.25) is 24.5 Å². The SMILES string of the molecule is CNC(=O)[C@@](C)(C(=O)NO)N(C)C(=O)c1ccc(C#Cc2ccc(CN3CCC4(CC3)OCCO4)cc2)cc1. The lowest BCUT2D eigenvalue weighted by Crippen LogP contribution is -2.64. The van der Waals surface area contributed by atoms with E-state index in [-0.39, 0.29) is 11.4 Å². The van der Waals surface area contributed by atoms with Crippen molar-refractivity contribution in [3.8, 4) is 11.8 Å². The van der Waals surface area contributed by atoms with E-state index in [0.29, 0.717) is 18.8 Å². The van der Waals surface area contributed by atoms with Gasteiger partial charge in [0.05, 0.1) is 13.2 Å². The molecule has 2 heterocycles. The molecular formula is C29H34N4O6. The van der Waals surface area contributed by atoms with Gasteiger partial charge in [-0.05, 0) is 48.9 Å². The molecule has 0 aromatic heterocycles. The quantitative estimate of drug-likeness (QED) is 0.222. The van der Waals surface area contributed by atoms with Crippen LogP contribution < -0.4 is 10.8 Å². The fraction of sp³-hybridized carbons (Fsp3) is 0.414. The summed E-state index contributed by atoms with van der Waals surface area (Å²) < 4.78 is 11.6. The van der Waals surface area contributed by atoms with Crippen LogP contribution in [-0.2, 0) is 25.6 Å². The predicted octanol–water partition coefficient (Wildman–Crippen LogP) is 1.51. The number of piperidine rings is 1. The van der Waals surface area contributed by atoms with Crippen molar-refractivity contribution in [3.63, 3.8) is 0 Å². The fourth-order valence-corrected chi connectivity index (χ4v) is 4.79. The molecule has 0 radical (unpaired) electrons. The first-order valence-electron chi connectivity index (χ1n) is 12.9. The second-order valence-electron chi connectivity index (χ2n) is 9.86. The normalized spacial score (nSPS) is 17.9. The summed E-state index contributed by atoms with van der Waals surface area (Å²) in [7, 11) is 2.67. The van der Waals surface area contributed by atoms with E-state index in [9.17, 15) is 14.4 Å². The van der Waals surface area contributed by atoms with E-state index in [1.54, 1.807) is 24.3 Å². The van der Waals surface area contributed by atoms with Gasteiger partial charge >= 0.3 is 0 Å². The predicted molar refractivity (Wildman–Crippen MR) is 143 cm³/mol. The maximum Gasteiger partial charge on any atom is 0.278 e. The Morgan fingerprint density at radius 1 is 0.974 bits per heavy atom. The third-order valence-corrected chi connectivity index (χ3v) is 7.46. The van der Waals surface area contributed by atoms with Gasteiger partial charge in [0.2, 0.25) is 0 Å². The summed E-state index contributed by atoms with van der Waals surface area (Å²) in [5.74, 6) is 3.55. The highest BCUT2D eigenvalue weighted by molar-refractivity contribution is 6.12. The lowest BCUT2D eigenvalue weighted by Gasteiger charge is -2.37. The van der Waals surface area contributed by atoms with Crippen LogP contribution in [0, 0.1) is 11.8 Å². The summed E-state index contributed by atoms with van der Waals surface area (Å²) in [6.45, 7) is 5.37. The number of benzene rings is 2. The number of carbonyl (C=O) groups is 3. The molecule has 0 bridgehead atoms. The number of amides is 3. The Hall–Kier alpha value is -3.75. The Morgan fingerprint density at radius 2 is 1.51 bits per heavy atom. The average molecular weight is 535 g/mol. The summed E-state index contributed by atoms with van der Waals surface area (Å²) in [6, 6.07) is 14.7. The number of carbonyl (C=O) groups excluding carboxylic acids is 3. The van der Waals surface area contributed by atoms with Crippen molar-refractivity contribution in [2.24, 2.45) is 0 Å². The van der Waals surface area contributed by atoms with E-state index in [2.05, 4.69) is 34.2 Å². The highest BCUT2D eigenvalue weighted by Crippen LogP contribution is 2.31. The Labute approximate surface area is 228 Å². The molecule has 3 N–H and O–H groups in total. The highest BCUT2D eigenvalue weighted by Gasteiger charge is 2.47. The molecule has 39 heavy (non-hydrogen) atoms. The molecular weight excluding hydrogens is 500 g/mol. The molecule has 0 aliphatic carbocycles. The molecule has 10 heteroatoms. The van der Waals surface area contributed by atoms with E-state index in [1.807, 2.05) is 12.1 Å². The van der Waals surface area contributed by atoms with E-state index >= 15 is 0 Å². The first-order valence-corrected chi connectivity index (χ1v) is 12.9. The largest absolute Gasteiger partial charge is 0.357 e. The van der Waals surface area contributed by atoms with Crippen LogP contribution >= 0.6 is 0 Å². The van der Waals surface area contributed by atoms with Gasteiger partial charge in [-0.2, -0.15) is 0 Å². The molecule has 2 saturated heterocycles. The number of ether oxygens (including phenoxy) is 2. The number of nitrogens with zero attached hydrogens (tertiary/aromatic N) is 2. The van der Waals surface area contributed by atoms with Gasteiger partial charge in [0.15, 0.2) is 11.3 Å². The minimum atomic E-state index is -1.94. The number of hydrogen-bond donors (Lipinski definition) is 3. The Morgan fingerprint density at radius 3 is 2.03 bits per heavy atom. The zero-order valence-corrected chi connectivity index (χ0v) is 22.5. The number of likely N-dealkylation sites (N-methyl/N-ethyl adjacent to an activating group) is 2. The molecule has 2 aromatic rings. The van der Waals surface area contributed by atoms with Gasteiger partial charge < -0.3 is 19.7 Å². The Balaban J connectivity index is 1.35. The summed E-state index contributed by atoms with van der Waals surface area (Å²) in [5, 5.41) is 11.4. The van der Waals surface area contributed by atoms with Crippen LogP contribution in [0.5, 0.6) is 0 Å². The fourth-order valence-electron chi connectivity index (χ4n) is 4.79. The van der Waals surface area contributed by atoms with Crippen molar-refractivity contribution in [1.82, 2.24) is 20.6 Å². The van der Waals surface area contributed by atoms with Crippen molar-refractivity contribution in [2.75, 3.05) is 40.4 Å². The minimum Gasteiger partial charge on any atom is -0.357 e. The average Bonchev–Trinajstić information content (AvgIpc) is 3.44. The van der Waals surface area contributed by atoms with Crippen LogP contribution in [0.25, 0.3) is 0 Å². The van der Waals surface area contributed by atoms with Gasteiger partial charge in [0.25, 0.3) is 17.7 Å². The topological polar surface area (TPSA) is 120 Å². The number of rotatable bonds is 6. The van der Waals surface area contributed by atoms with Crippen LogP contribution in [0.2, 0.25) is 0 Å². The first kappa shape index (κ1) is 28.3. The summed E-state index contributed by atoms with van der Waals surface area (Å²) in [5.41, 5.74) is 2.58. The maximum atomic E-state index is 13.0. The molecule has 2 aliphatic heterocycles. The summed E-state index contributed by atoms with van der Waals surface area (Å²) in [4.78, 5) is 40.9. The molecule has 10 nitrogen and oxygen atoms in total. The molecule has 206 valence electrons. The summed E-state index contributed by atoms with van der Waals surface area (Å²) in [6.07, 6.45) is 1.78. The molecule has 2 aliphatic rings. The second-order valence-corrected chi connectivity index (χ2v) is 9.86. The third kappa shape index (κ3) is 6.13. The molecule has 2 aromatic carbocycles. The monoisotopic (exact) mass is 534 g/mol. The molecule has 1 spiro atoms. The van der Waals surface area contributed by atoms with Gasteiger partial charge in [0.1, 0.15) is 0 Å². The van der Waals surface area contributed by atoms with Crippen molar-refractivity contribution in [3.05, 3.63) is 70.8 Å². The van der Waals surface area contributed by atoms with Crippen molar-refractivity contribution in [2.45, 2.75) is 37.6 Å². The highest BCUT2D eigenvalue weighted by atomic mass is 16.7. The van der Waals surface area contributed by atoms with Gasteiger partial charge in [0, 0.05) is 63.3 Å². The van der Waals surface area contributed by atoms with E-state index < -0.39 is 23.3 Å².